The lowest BCUT2D eigenvalue weighted by Gasteiger charge is -2.72. The van der Waals surface area contributed by atoms with Crippen molar-refractivity contribution in [1.82, 2.24) is 0 Å². The van der Waals surface area contributed by atoms with Crippen molar-refractivity contribution in [2.45, 2.75) is 123 Å². The van der Waals surface area contributed by atoms with E-state index < -0.39 is 57.4 Å². The van der Waals surface area contributed by atoms with Gasteiger partial charge >= 0.3 is 5.97 Å². The minimum atomic E-state index is -1.24. The molecule has 0 saturated heterocycles. The molecule has 0 spiro atoms. The quantitative estimate of drug-likeness (QED) is 0.123. The number of esters is 1. The monoisotopic (exact) mass is 606 g/mol. The summed E-state index contributed by atoms with van der Waals surface area (Å²) in [5, 5.41) is 56.5. The fraction of sp³-hybridized carbons (Fsp3) is 0.853. The molecule has 0 aliphatic heterocycles. The Morgan fingerprint density at radius 3 is 2.29 bits per heavy atom. The van der Waals surface area contributed by atoms with Gasteiger partial charge in [0.2, 0.25) is 0 Å². The van der Waals surface area contributed by atoms with Crippen molar-refractivity contribution >= 4 is 18.6 Å². The highest BCUT2D eigenvalue weighted by Gasteiger charge is 2.73. The molecule has 5 rings (SSSR count). The molecule has 0 bridgehead atoms. The summed E-state index contributed by atoms with van der Waals surface area (Å²) in [6.07, 6.45) is 4.91. The summed E-state index contributed by atoms with van der Waals surface area (Å²) in [6, 6.07) is 0. The first-order chi connectivity index (χ1) is 19.4. The summed E-state index contributed by atoms with van der Waals surface area (Å²) in [4.78, 5) is 12.6. The van der Waals surface area contributed by atoms with Crippen LogP contribution in [0.1, 0.15) is 93.4 Å². The van der Waals surface area contributed by atoms with Crippen molar-refractivity contribution in [3.05, 3.63) is 23.3 Å². The Bertz CT molecular complexity index is 1170. The van der Waals surface area contributed by atoms with Crippen LogP contribution in [0, 0.1) is 44.8 Å². The molecule has 5 aliphatic rings. The zero-order chi connectivity index (χ0) is 31.3. The maximum atomic E-state index is 12.6. The molecule has 42 heavy (non-hydrogen) atoms. The zero-order valence-electron chi connectivity index (χ0n) is 26.6. The van der Waals surface area contributed by atoms with Crippen LogP contribution in [-0.2, 0) is 9.53 Å². The van der Waals surface area contributed by atoms with E-state index in [-0.39, 0.29) is 35.7 Å². The SMILES string of the molecule is C/C=C(\C)C(=O)OC[C@]1(C)C2CC[C@]3(S)C(CC=C4C5CC(C)(C)[C@@H](O)[C@H](O)[C@]5(CO)[C@H](O)C[C@]43C)[C@@]2(C)CC[C@@H]1O. The molecule has 0 radical (unpaired) electrons. The fourth-order valence-electron chi connectivity index (χ4n) is 10.9. The minimum absolute atomic E-state index is 0.118. The van der Waals surface area contributed by atoms with Crippen molar-refractivity contribution in [2.24, 2.45) is 44.8 Å². The second-order valence-electron chi connectivity index (χ2n) is 16.0. The molecule has 8 heteroatoms. The number of fused-ring (bicyclic) bond motifs is 7. The van der Waals surface area contributed by atoms with E-state index >= 15 is 0 Å². The van der Waals surface area contributed by atoms with Crippen molar-refractivity contribution in [3.63, 3.8) is 0 Å². The molecule has 4 saturated carbocycles. The van der Waals surface area contributed by atoms with Crippen LogP contribution in [0.15, 0.2) is 23.3 Å². The Hall–Kier alpha value is -0.900. The van der Waals surface area contributed by atoms with Crippen molar-refractivity contribution in [2.75, 3.05) is 13.2 Å². The molecule has 0 amide bonds. The molecule has 3 unspecified atom stereocenters. The average Bonchev–Trinajstić information content (AvgIpc) is 2.93. The fourth-order valence-corrected chi connectivity index (χ4v) is 11.6. The molecule has 5 aliphatic carbocycles. The maximum Gasteiger partial charge on any atom is 0.333 e. The number of carbonyl (C=O) groups is 1. The summed E-state index contributed by atoms with van der Waals surface area (Å²) in [6.45, 7) is 13.9. The van der Waals surface area contributed by atoms with Gasteiger partial charge in [0.25, 0.3) is 0 Å². The molecule has 7 nitrogen and oxygen atoms in total. The Balaban J connectivity index is 1.55. The van der Waals surface area contributed by atoms with Crippen LogP contribution in [0.3, 0.4) is 0 Å². The van der Waals surface area contributed by atoms with Crippen LogP contribution in [0.4, 0.5) is 0 Å². The molecular formula is C34H54O7S. The summed E-state index contributed by atoms with van der Waals surface area (Å²) >= 11 is 5.61. The van der Waals surface area contributed by atoms with Gasteiger partial charge in [-0.2, -0.15) is 12.6 Å². The number of allylic oxidation sites excluding steroid dienone is 3. The number of aliphatic hydroxyl groups is 5. The highest BCUT2D eigenvalue weighted by molar-refractivity contribution is 7.81. The highest BCUT2D eigenvalue weighted by Crippen LogP contribution is 2.74. The average molecular weight is 607 g/mol. The summed E-state index contributed by atoms with van der Waals surface area (Å²) < 4.78 is 5.34. The smallest absolute Gasteiger partial charge is 0.333 e. The van der Waals surface area contributed by atoms with Gasteiger partial charge in [-0.3, -0.25) is 0 Å². The lowest BCUT2D eigenvalue weighted by Crippen LogP contribution is -2.72. The first-order valence-corrected chi connectivity index (χ1v) is 16.4. The lowest BCUT2D eigenvalue weighted by molar-refractivity contribution is -0.243. The number of rotatable bonds is 4. The van der Waals surface area contributed by atoms with Gasteiger partial charge in [-0.05, 0) is 87.4 Å². The lowest BCUT2D eigenvalue weighted by atomic mass is 9.36. The third-order valence-electron chi connectivity index (χ3n) is 13.8. The summed E-state index contributed by atoms with van der Waals surface area (Å²) in [5.41, 5.74) is -1.36. The van der Waals surface area contributed by atoms with Crippen LogP contribution in [0.5, 0.6) is 0 Å². The van der Waals surface area contributed by atoms with Gasteiger partial charge in [-0.15, -0.1) is 0 Å². The van der Waals surface area contributed by atoms with E-state index in [1.165, 1.54) is 0 Å². The van der Waals surface area contributed by atoms with Crippen molar-refractivity contribution in [1.29, 1.82) is 0 Å². The second-order valence-corrected chi connectivity index (χ2v) is 16.8. The Labute approximate surface area is 257 Å². The van der Waals surface area contributed by atoms with Crippen LogP contribution in [-0.4, -0.2) is 73.9 Å². The van der Waals surface area contributed by atoms with E-state index in [1.807, 2.05) is 20.8 Å². The third kappa shape index (κ3) is 4.07. The van der Waals surface area contributed by atoms with Crippen molar-refractivity contribution < 1.29 is 35.1 Å². The van der Waals surface area contributed by atoms with Gasteiger partial charge in [0.1, 0.15) is 0 Å². The Morgan fingerprint density at radius 2 is 1.67 bits per heavy atom. The molecule has 4 fully saturated rings. The zero-order valence-corrected chi connectivity index (χ0v) is 27.5. The minimum Gasteiger partial charge on any atom is -0.462 e. The standard InChI is InChI=1S/C34H54O7S/c1-8-19(2)28(40)41-18-31(6)22-11-14-34(42)23(30(22,5)13-12-24(31)36)10-9-20-21-15-29(3,4)26(38)27(39)33(21,17-35)25(37)16-32(20,34)7/h8-9,21-27,35-39,42H,10-18H2,1-7H3/b19-8+/t21?,22?,23?,24-,25+,26-,27-,30-,31+,32+,33-,34-/m0/s1. The van der Waals surface area contributed by atoms with Crippen LogP contribution in [0.2, 0.25) is 0 Å². The van der Waals surface area contributed by atoms with E-state index in [0.29, 0.717) is 24.8 Å². The molecule has 12 atom stereocenters. The first-order valence-electron chi connectivity index (χ1n) is 16.0. The summed E-state index contributed by atoms with van der Waals surface area (Å²) in [5.74, 6) is -0.358. The van der Waals surface area contributed by atoms with Gasteiger partial charge in [-0.1, -0.05) is 52.3 Å². The molecule has 5 N–H and O–H groups in total. The van der Waals surface area contributed by atoms with E-state index in [1.54, 1.807) is 13.0 Å². The number of hydrogen-bond acceptors (Lipinski definition) is 8. The predicted molar refractivity (Wildman–Crippen MR) is 165 cm³/mol. The number of hydrogen-bond donors (Lipinski definition) is 6. The van der Waals surface area contributed by atoms with Gasteiger partial charge in [0.15, 0.2) is 0 Å². The van der Waals surface area contributed by atoms with Crippen LogP contribution >= 0.6 is 12.6 Å². The highest BCUT2D eigenvalue weighted by atomic mass is 32.1. The molecule has 238 valence electrons. The first kappa shape index (κ1) is 32.5. The third-order valence-corrected chi connectivity index (χ3v) is 14.9. The maximum absolute atomic E-state index is 12.6. The normalized spacial score (nSPS) is 51.8. The number of aliphatic hydroxyl groups excluding tert-OH is 5. The van der Waals surface area contributed by atoms with Gasteiger partial charge < -0.3 is 30.3 Å². The summed E-state index contributed by atoms with van der Waals surface area (Å²) in [7, 11) is 0. The molecule has 0 aromatic heterocycles. The Morgan fingerprint density at radius 1 is 1.00 bits per heavy atom. The second kappa shape index (κ2) is 10.3. The molecule has 0 heterocycles. The van der Waals surface area contributed by atoms with E-state index in [2.05, 4.69) is 26.8 Å². The van der Waals surface area contributed by atoms with Gasteiger partial charge in [0.05, 0.1) is 43.0 Å². The van der Waals surface area contributed by atoms with Gasteiger partial charge in [0, 0.05) is 21.2 Å². The van der Waals surface area contributed by atoms with E-state index in [9.17, 15) is 30.3 Å². The Kier molecular flexibility index (Phi) is 7.98. The molecular weight excluding hydrogens is 552 g/mol. The number of carbonyl (C=O) groups excluding carboxylic acids is 1. The van der Waals surface area contributed by atoms with Gasteiger partial charge in [-0.25, -0.2) is 4.79 Å². The molecule has 0 aromatic rings. The predicted octanol–water partition coefficient (Wildman–Crippen LogP) is 4.21. The van der Waals surface area contributed by atoms with E-state index in [0.717, 1.165) is 31.3 Å². The number of ether oxygens (including phenoxy) is 1. The molecule has 0 aromatic carbocycles. The topological polar surface area (TPSA) is 127 Å². The van der Waals surface area contributed by atoms with E-state index in [4.69, 9.17) is 17.4 Å². The van der Waals surface area contributed by atoms with Crippen LogP contribution < -0.4 is 0 Å². The van der Waals surface area contributed by atoms with Crippen molar-refractivity contribution in [3.8, 4) is 0 Å². The number of thiol groups is 1. The largest absolute Gasteiger partial charge is 0.462 e. The van der Waals surface area contributed by atoms with Crippen LogP contribution in [0.25, 0.3) is 0 Å².